The number of nitrogens with one attached hydrogen (secondary N) is 1. The third-order valence-electron chi connectivity index (χ3n) is 5.08. The van der Waals surface area contributed by atoms with Crippen LogP contribution in [0.15, 0.2) is 77.0 Å². The van der Waals surface area contributed by atoms with Crippen LogP contribution in [0.5, 0.6) is 11.5 Å². The van der Waals surface area contributed by atoms with Gasteiger partial charge in [0.2, 0.25) is 0 Å². The number of rotatable bonds is 7. The highest BCUT2D eigenvalue weighted by atomic mass is 32.2. The van der Waals surface area contributed by atoms with Gasteiger partial charge in [-0.2, -0.15) is 9.61 Å². The highest BCUT2D eigenvalue weighted by Gasteiger charge is 2.21. The van der Waals surface area contributed by atoms with E-state index in [1.165, 1.54) is 20.3 Å². The van der Waals surface area contributed by atoms with Gasteiger partial charge >= 0.3 is 0 Å². The van der Waals surface area contributed by atoms with Crippen molar-refractivity contribution in [1.29, 1.82) is 0 Å². The van der Waals surface area contributed by atoms with Crippen LogP contribution in [0.4, 0.5) is 5.69 Å². The normalized spacial score (nSPS) is 11.5. The first-order valence-electron chi connectivity index (χ1n) is 10.1. The summed E-state index contributed by atoms with van der Waals surface area (Å²) in [6.07, 6.45) is 0. The van der Waals surface area contributed by atoms with Crippen LogP contribution in [0.2, 0.25) is 0 Å². The highest BCUT2D eigenvalue weighted by Crippen LogP contribution is 2.31. The summed E-state index contributed by atoms with van der Waals surface area (Å²) in [7, 11) is -1.06. The van der Waals surface area contributed by atoms with Crippen molar-refractivity contribution < 1.29 is 17.9 Å². The van der Waals surface area contributed by atoms with Crippen molar-refractivity contribution in [2.75, 3.05) is 18.9 Å². The number of fused-ring (bicyclic) bond motifs is 1. The van der Waals surface area contributed by atoms with Crippen LogP contribution in [-0.2, 0) is 10.0 Å². The largest absolute Gasteiger partial charge is 0.497 e. The third kappa shape index (κ3) is 4.06. The van der Waals surface area contributed by atoms with Gasteiger partial charge in [-0.25, -0.2) is 8.42 Å². The zero-order valence-electron chi connectivity index (χ0n) is 18.2. The molecule has 0 saturated heterocycles. The van der Waals surface area contributed by atoms with E-state index in [0.29, 0.717) is 28.6 Å². The van der Waals surface area contributed by atoms with Crippen molar-refractivity contribution in [1.82, 2.24) is 19.8 Å². The van der Waals surface area contributed by atoms with Crippen molar-refractivity contribution in [3.05, 3.63) is 72.1 Å². The van der Waals surface area contributed by atoms with Crippen molar-refractivity contribution in [3.8, 4) is 33.5 Å². The maximum absolute atomic E-state index is 13.1. The first-order chi connectivity index (χ1) is 16.5. The van der Waals surface area contributed by atoms with E-state index in [9.17, 15) is 8.42 Å². The van der Waals surface area contributed by atoms with Gasteiger partial charge in [-0.3, -0.25) is 4.72 Å². The Morgan fingerprint density at radius 1 is 0.941 bits per heavy atom. The average Bonchev–Trinajstić information content (AvgIpc) is 3.53. The van der Waals surface area contributed by atoms with E-state index in [-0.39, 0.29) is 10.6 Å². The molecule has 1 N–H and O–H groups in total. The molecule has 0 aliphatic heterocycles. The Kier molecular flexibility index (Phi) is 5.64. The van der Waals surface area contributed by atoms with Crippen LogP contribution >= 0.6 is 11.3 Å². The van der Waals surface area contributed by atoms with E-state index < -0.39 is 10.0 Å². The fraction of sp³-hybridized carbons (Fsp3) is 0.0870. The molecule has 3 heterocycles. The molecule has 3 aromatic heterocycles. The predicted molar refractivity (Wildman–Crippen MR) is 130 cm³/mol. The summed E-state index contributed by atoms with van der Waals surface area (Å²) in [6, 6.07) is 19.1. The minimum atomic E-state index is -3.95. The van der Waals surface area contributed by atoms with Gasteiger partial charge in [0.05, 0.1) is 24.8 Å². The van der Waals surface area contributed by atoms with Crippen LogP contribution in [0.1, 0.15) is 0 Å². The van der Waals surface area contributed by atoms with Crippen molar-refractivity contribution in [2.24, 2.45) is 0 Å². The van der Waals surface area contributed by atoms with Crippen LogP contribution in [0.25, 0.3) is 27.6 Å². The smallest absolute Gasteiger partial charge is 0.265 e. The van der Waals surface area contributed by atoms with Gasteiger partial charge in [0, 0.05) is 17.3 Å². The molecule has 34 heavy (non-hydrogen) atoms. The Hall–Kier alpha value is -3.96. The summed E-state index contributed by atoms with van der Waals surface area (Å²) in [5, 5.41) is 15.1. The van der Waals surface area contributed by atoms with Crippen LogP contribution < -0.4 is 14.2 Å². The van der Waals surface area contributed by atoms with Gasteiger partial charge in [0.1, 0.15) is 16.4 Å². The molecule has 11 heteroatoms. The average molecular weight is 494 g/mol. The number of hydrogen-bond acceptors (Lipinski definition) is 8. The first kappa shape index (κ1) is 21.9. The quantitative estimate of drug-likeness (QED) is 0.359. The van der Waals surface area contributed by atoms with Gasteiger partial charge in [0.25, 0.3) is 10.0 Å². The minimum absolute atomic E-state index is 0.0237. The number of nitrogens with zero attached hydrogens (tertiary/aromatic N) is 4. The first-order valence-corrected chi connectivity index (χ1v) is 12.5. The lowest BCUT2D eigenvalue weighted by Gasteiger charge is -2.13. The van der Waals surface area contributed by atoms with E-state index in [0.717, 1.165) is 10.4 Å². The summed E-state index contributed by atoms with van der Waals surface area (Å²) in [5.41, 5.74) is 2.37. The fourth-order valence-electron chi connectivity index (χ4n) is 3.45. The van der Waals surface area contributed by atoms with Gasteiger partial charge in [0.15, 0.2) is 11.5 Å². The molecular formula is C23H19N5O4S2. The van der Waals surface area contributed by atoms with Crippen LogP contribution in [0, 0.1) is 0 Å². The molecule has 0 spiro atoms. The zero-order chi connectivity index (χ0) is 23.7. The molecule has 0 aliphatic rings. The molecule has 2 aromatic carbocycles. The topological polar surface area (TPSA) is 108 Å². The van der Waals surface area contributed by atoms with Crippen LogP contribution in [-0.4, -0.2) is 42.4 Å². The minimum Gasteiger partial charge on any atom is -0.497 e. The molecule has 5 aromatic rings. The molecule has 9 nitrogen and oxygen atoms in total. The van der Waals surface area contributed by atoms with Gasteiger partial charge in [-0.15, -0.1) is 21.5 Å². The number of sulfonamides is 1. The number of aromatic nitrogens is 4. The van der Waals surface area contributed by atoms with E-state index >= 15 is 0 Å². The van der Waals surface area contributed by atoms with Gasteiger partial charge in [-0.1, -0.05) is 18.2 Å². The molecule has 0 fully saturated rings. The maximum atomic E-state index is 13.1. The maximum Gasteiger partial charge on any atom is 0.265 e. The Morgan fingerprint density at radius 2 is 1.82 bits per heavy atom. The lowest BCUT2D eigenvalue weighted by molar-refractivity contribution is 0.392. The lowest BCUT2D eigenvalue weighted by Crippen LogP contribution is -2.14. The fourth-order valence-corrected chi connectivity index (χ4v) is 5.38. The number of ether oxygens (including phenoxy) is 2. The number of methoxy groups -OCH3 is 2. The third-order valence-corrected chi connectivity index (χ3v) is 7.34. The molecular weight excluding hydrogens is 474 g/mol. The molecule has 0 atom stereocenters. The van der Waals surface area contributed by atoms with Gasteiger partial charge < -0.3 is 9.47 Å². The number of hydrogen-bond donors (Lipinski definition) is 1. The number of anilines is 1. The Bertz CT molecular complexity index is 1580. The molecule has 0 bridgehead atoms. The molecule has 0 saturated carbocycles. The summed E-state index contributed by atoms with van der Waals surface area (Å²) in [5.74, 6) is 1.27. The second-order valence-corrected chi connectivity index (χ2v) is 9.79. The van der Waals surface area contributed by atoms with Gasteiger partial charge in [-0.05, 0) is 47.8 Å². The van der Waals surface area contributed by atoms with Crippen molar-refractivity contribution in [2.45, 2.75) is 4.90 Å². The number of thiophene rings is 1. The standard InChI is InChI=1S/C23H19N5O4S2/c1-31-17-8-10-19(32-2)21(14-17)34(29,30)27-16-6-3-5-15(13-16)18-9-11-22-24-25-23(28(22)26-18)20-7-4-12-33-20/h3-14,27H,1-2H3. The molecule has 172 valence electrons. The summed E-state index contributed by atoms with van der Waals surface area (Å²) in [6.45, 7) is 0. The second kappa shape index (κ2) is 8.76. The van der Waals surface area contributed by atoms with E-state index in [2.05, 4.69) is 14.9 Å². The molecule has 0 aliphatic carbocycles. The van der Waals surface area contributed by atoms with E-state index in [1.54, 1.807) is 46.2 Å². The highest BCUT2D eigenvalue weighted by molar-refractivity contribution is 7.92. The number of benzene rings is 2. The monoisotopic (exact) mass is 493 g/mol. The Labute approximate surface area is 199 Å². The van der Waals surface area contributed by atoms with E-state index in [4.69, 9.17) is 14.6 Å². The van der Waals surface area contributed by atoms with Crippen molar-refractivity contribution >= 4 is 32.7 Å². The lowest BCUT2D eigenvalue weighted by atomic mass is 10.1. The zero-order valence-corrected chi connectivity index (χ0v) is 19.8. The predicted octanol–water partition coefficient (Wildman–Crippen LogP) is 4.34. The molecule has 0 amide bonds. The Morgan fingerprint density at radius 3 is 2.59 bits per heavy atom. The van der Waals surface area contributed by atoms with Crippen molar-refractivity contribution in [3.63, 3.8) is 0 Å². The summed E-state index contributed by atoms with van der Waals surface area (Å²) < 4.78 is 41.0. The molecule has 0 radical (unpaired) electrons. The summed E-state index contributed by atoms with van der Waals surface area (Å²) >= 11 is 1.55. The second-order valence-electron chi connectivity index (χ2n) is 7.19. The van der Waals surface area contributed by atoms with Crippen LogP contribution in [0.3, 0.4) is 0 Å². The SMILES string of the molecule is COc1ccc(OC)c(S(=O)(=O)Nc2cccc(-c3ccc4nnc(-c5cccs5)n4n3)c2)c1. The molecule has 0 unspecified atom stereocenters. The Balaban J connectivity index is 1.50. The molecule has 5 rings (SSSR count). The summed E-state index contributed by atoms with van der Waals surface area (Å²) in [4.78, 5) is 0.926. The van der Waals surface area contributed by atoms with E-state index in [1.807, 2.05) is 35.7 Å².